The van der Waals surface area contributed by atoms with Gasteiger partial charge in [0.25, 0.3) is 0 Å². The summed E-state index contributed by atoms with van der Waals surface area (Å²) in [6, 6.07) is 0. The molecule has 1 N–H and O–H groups in total. The van der Waals surface area contributed by atoms with E-state index >= 15 is 0 Å². The maximum Gasteiger partial charge on any atom is 0.521 e. The third kappa shape index (κ3) is 8.35. The number of hydrogen-bond donors (Lipinski definition) is 1. The van der Waals surface area contributed by atoms with Crippen molar-refractivity contribution in [3.8, 4) is 0 Å². The first-order valence-electron chi connectivity index (χ1n) is 6.17. The Balaban J connectivity index is 4.39. The van der Waals surface area contributed by atoms with Crippen LogP contribution in [0.5, 0.6) is 0 Å². The van der Waals surface area contributed by atoms with Gasteiger partial charge in [-0.3, -0.25) is 0 Å². The average molecular weight is 319 g/mol. The van der Waals surface area contributed by atoms with E-state index in [2.05, 4.69) is 10.1 Å². The molecule has 6 nitrogen and oxygen atoms in total. The highest BCUT2D eigenvalue weighted by molar-refractivity contribution is 6.61. The molecule has 20 heavy (non-hydrogen) atoms. The molecule has 0 aliphatic rings. The lowest BCUT2D eigenvalue weighted by molar-refractivity contribution is -0.160. The van der Waals surface area contributed by atoms with E-state index in [1.807, 2.05) is 0 Å². The predicted molar refractivity (Wildman–Crippen MR) is 66.0 cm³/mol. The number of carbonyl (C=O) groups excluding carboxylic acids is 1. The first-order valence-corrected chi connectivity index (χ1v) is 8.11. The second-order valence-corrected chi connectivity index (χ2v) is 6.11. The molecular weight excluding hydrogens is 299 g/mol. The fourth-order valence-corrected chi connectivity index (χ4v) is 3.55. The molecule has 0 spiro atoms. The first-order chi connectivity index (χ1) is 9.28. The molecule has 0 saturated carbocycles. The van der Waals surface area contributed by atoms with E-state index in [4.69, 9.17) is 13.3 Å². The van der Waals surface area contributed by atoms with Crippen LogP contribution >= 0.6 is 0 Å². The van der Waals surface area contributed by atoms with Crippen molar-refractivity contribution in [3.05, 3.63) is 0 Å². The molecule has 0 heterocycles. The Labute approximate surface area is 116 Å². The summed E-state index contributed by atoms with van der Waals surface area (Å²) in [5.41, 5.74) is 0. The van der Waals surface area contributed by atoms with Crippen molar-refractivity contribution >= 4 is 14.9 Å². The monoisotopic (exact) mass is 319 g/mol. The summed E-state index contributed by atoms with van der Waals surface area (Å²) in [6.45, 7) is 4.42. The minimum Gasteiger partial charge on any atom is -0.440 e. The lowest BCUT2D eigenvalue weighted by Crippen LogP contribution is -2.55. The highest BCUT2D eigenvalue weighted by Gasteiger charge is 2.41. The Morgan fingerprint density at radius 3 is 1.85 bits per heavy atom. The molecule has 1 amide bonds. The Hall–Kier alpha value is -0.843. The fourth-order valence-electron chi connectivity index (χ4n) is 1.32. The van der Waals surface area contributed by atoms with Gasteiger partial charge in [-0.05, 0) is 20.8 Å². The van der Waals surface area contributed by atoms with Crippen LogP contribution in [0.1, 0.15) is 20.8 Å². The van der Waals surface area contributed by atoms with Gasteiger partial charge in [-0.2, -0.15) is 13.2 Å². The third-order valence-corrected chi connectivity index (χ3v) is 4.70. The SMILES string of the molecule is CCO[Si](CNC(=O)OCC(F)(F)F)(OCC)OCC. The lowest BCUT2D eigenvalue weighted by atomic mass is 10.7. The zero-order valence-electron chi connectivity index (χ0n) is 11.7. The third-order valence-electron chi connectivity index (χ3n) is 1.91. The highest BCUT2D eigenvalue weighted by atomic mass is 28.4. The van der Waals surface area contributed by atoms with Crippen LogP contribution in [0.25, 0.3) is 0 Å². The number of ether oxygens (including phenoxy) is 1. The molecule has 0 aromatic rings. The van der Waals surface area contributed by atoms with Gasteiger partial charge < -0.3 is 23.3 Å². The summed E-state index contributed by atoms with van der Waals surface area (Å²) in [5.74, 6) is 0. The van der Waals surface area contributed by atoms with Gasteiger partial charge in [0.15, 0.2) is 6.61 Å². The van der Waals surface area contributed by atoms with E-state index in [-0.39, 0.29) is 6.17 Å². The number of nitrogens with one attached hydrogen (secondary N) is 1. The topological polar surface area (TPSA) is 66.0 Å². The second kappa shape index (κ2) is 9.16. The largest absolute Gasteiger partial charge is 0.521 e. The molecule has 0 bridgehead atoms. The van der Waals surface area contributed by atoms with E-state index in [9.17, 15) is 18.0 Å². The second-order valence-electron chi connectivity index (χ2n) is 3.53. The number of alkyl carbamates (subject to hydrolysis) is 1. The normalized spacial score (nSPS) is 12.3. The van der Waals surface area contributed by atoms with Crippen molar-refractivity contribution in [1.82, 2.24) is 5.32 Å². The minimum absolute atomic E-state index is 0.154. The van der Waals surface area contributed by atoms with Gasteiger partial charge in [0, 0.05) is 19.8 Å². The molecule has 0 rings (SSSR count). The fraction of sp³-hybridized carbons (Fsp3) is 0.900. The van der Waals surface area contributed by atoms with Crippen molar-refractivity contribution in [2.75, 3.05) is 32.6 Å². The molecule has 0 aliphatic heterocycles. The molecule has 0 aromatic heterocycles. The Kier molecular flexibility index (Phi) is 8.77. The standard InChI is InChI=1S/C10H20F3NO5Si/c1-4-17-20(18-5-2,19-6-3)8-14-9(15)16-7-10(11,12)13/h4-8H2,1-3H3,(H,14,15). The molecule has 0 atom stereocenters. The van der Waals surface area contributed by atoms with E-state index in [0.717, 1.165) is 0 Å². The van der Waals surface area contributed by atoms with E-state index in [1.54, 1.807) is 20.8 Å². The van der Waals surface area contributed by atoms with Crippen LogP contribution in [-0.4, -0.2) is 53.7 Å². The van der Waals surface area contributed by atoms with Crippen LogP contribution in [0, 0.1) is 0 Å². The van der Waals surface area contributed by atoms with Crippen molar-refractivity contribution in [2.45, 2.75) is 26.9 Å². The maximum absolute atomic E-state index is 11.9. The van der Waals surface area contributed by atoms with Gasteiger partial charge >= 0.3 is 21.1 Å². The summed E-state index contributed by atoms with van der Waals surface area (Å²) in [4.78, 5) is 11.2. The van der Waals surface area contributed by atoms with Crippen LogP contribution in [0.15, 0.2) is 0 Å². The summed E-state index contributed by atoms with van der Waals surface area (Å²) in [5, 5.41) is 2.18. The maximum atomic E-state index is 11.9. The molecule has 0 aliphatic carbocycles. The number of alkyl halides is 3. The van der Waals surface area contributed by atoms with Crippen molar-refractivity contribution in [2.24, 2.45) is 0 Å². The van der Waals surface area contributed by atoms with Crippen LogP contribution < -0.4 is 5.32 Å². The smallest absolute Gasteiger partial charge is 0.440 e. The van der Waals surface area contributed by atoms with Crippen LogP contribution in [-0.2, 0) is 18.0 Å². The summed E-state index contributed by atoms with van der Waals surface area (Å²) in [7, 11) is -3.13. The quantitative estimate of drug-likeness (QED) is 0.657. The van der Waals surface area contributed by atoms with E-state index in [0.29, 0.717) is 19.8 Å². The number of halogens is 3. The lowest BCUT2D eigenvalue weighted by Gasteiger charge is -2.28. The zero-order chi connectivity index (χ0) is 15.6. The summed E-state index contributed by atoms with van der Waals surface area (Å²) < 4.78 is 55.9. The molecule has 10 heteroatoms. The Morgan fingerprint density at radius 2 is 1.50 bits per heavy atom. The Morgan fingerprint density at radius 1 is 1.05 bits per heavy atom. The molecule has 0 fully saturated rings. The summed E-state index contributed by atoms with van der Waals surface area (Å²) in [6.07, 6.45) is -5.91. The molecule has 0 radical (unpaired) electrons. The van der Waals surface area contributed by atoms with Gasteiger partial charge in [0.1, 0.15) is 0 Å². The van der Waals surface area contributed by atoms with Crippen molar-refractivity contribution < 1.29 is 36.0 Å². The van der Waals surface area contributed by atoms with Gasteiger partial charge in [0.05, 0.1) is 6.17 Å². The Bertz CT molecular complexity index is 274. The molecular formula is C10H20F3NO5Si. The highest BCUT2D eigenvalue weighted by Crippen LogP contribution is 2.14. The van der Waals surface area contributed by atoms with Crippen LogP contribution in [0.3, 0.4) is 0 Å². The van der Waals surface area contributed by atoms with Crippen LogP contribution in [0.2, 0.25) is 0 Å². The number of hydrogen-bond acceptors (Lipinski definition) is 5. The number of carbonyl (C=O) groups is 1. The van der Waals surface area contributed by atoms with Crippen LogP contribution in [0.4, 0.5) is 18.0 Å². The number of amides is 1. The van der Waals surface area contributed by atoms with E-state index < -0.39 is 27.7 Å². The minimum atomic E-state index is -4.56. The molecule has 0 aromatic carbocycles. The average Bonchev–Trinajstić information content (AvgIpc) is 2.34. The first kappa shape index (κ1) is 19.2. The van der Waals surface area contributed by atoms with Crippen molar-refractivity contribution in [3.63, 3.8) is 0 Å². The van der Waals surface area contributed by atoms with Gasteiger partial charge in [0.2, 0.25) is 0 Å². The van der Waals surface area contributed by atoms with Crippen molar-refractivity contribution in [1.29, 1.82) is 0 Å². The molecule has 0 saturated heterocycles. The summed E-state index contributed by atoms with van der Waals surface area (Å²) >= 11 is 0. The van der Waals surface area contributed by atoms with E-state index in [1.165, 1.54) is 0 Å². The van der Waals surface area contributed by atoms with Gasteiger partial charge in [-0.15, -0.1) is 0 Å². The number of rotatable bonds is 9. The molecule has 120 valence electrons. The van der Waals surface area contributed by atoms with Gasteiger partial charge in [-0.1, -0.05) is 0 Å². The van der Waals surface area contributed by atoms with Gasteiger partial charge in [-0.25, -0.2) is 4.79 Å². The molecule has 0 unspecified atom stereocenters. The zero-order valence-corrected chi connectivity index (χ0v) is 12.7. The predicted octanol–water partition coefficient (Wildman–Crippen LogP) is 1.86.